The minimum Gasteiger partial charge on any atom is -1.00 e. The molecule has 0 aromatic rings. The maximum absolute atomic E-state index is 0. The summed E-state index contributed by atoms with van der Waals surface area (Å²) >= 11 is 0. The zero-order chi connectivity index (χ0) is 0. The Morgan fingerprint density at radius 1 is 1.00 bits per heavy atom. The van der Waals surface area contributed by atoms with E-state index >= 15 is 0 Å². The summed E-state index contributed by atoms with van der Waals surface area (Å²) in [7, 11) is 0. The normalized spacial score (nSPS) is 0. The van der Waals surface area contributed by atoms with E-state index in [2.05, 4.69) is 0 Å². The number of hydrogen-bond acceptors (Lipinski definition) is 0. The van der Waals surface area contributed by atoms with Crippen molar-refractivity contribution in [3.05, 3.63) is 0 Å². The van der Waals surface area contributed by atoms with Gasteiger partial charge in [0.05, 0.1) is 0 Å². The Bertz CT molecular complexity index is 9.61. The van der Waals surface area contributed by atoms with E-state index in [4.69, 9.17) is 0 Å². The van der Waals surface area contributed by atoms with Crippen molar-refractivity contribution in [2.24, 2.45) is 0 Å². The number of rotatable bonds is 0. The van der Waals surface area contributed by atoms with Gasteiger partial charge in [-0.05, 0) is 0 Å². The van der Waals surface area contributed by atoms with Crippen LogP contribution in [0.15, 0.2) is 0 Å². The molecule has 0 atom stereocenters. The molecule has 30 valence electrons. The zero-order valence-corrected chi connectivity index (χ0v) is 5.05. The van der Waals surface area contributed by atoms with Crippen LogP contribution in [0.3, 0.4) is 0 Å². The molecule has 0 heterocycles. The molecule has 0 aliphatic heterocycles. The average molecular weight is 185 g/mol. The summed E-state index contributed by atoms with van der Waals surface area (Å²) < 4.78 is 0. The van der Waals surface area contributed by atoms with Gasteiger partial charge in [-0.15, -0.1) is 0 Å². The Morgan fingerprint density at radius 3 is 1.00 bits per heavy atom. The van der Waals surface area contributed by atoms with Crippen molar-refractivity contribution in [2.75, 3.05) is 0 Å². The minimum absolute atomic E-state index is 0. The standard InChI is InChI=1S/2Co.Li.Ni.H/q;;+1;;-1. The summed E-state index contributed by atoms with van der Waals surface area (Å²) in [6, 6.07) is 0. The van der Waals surface area contributed by atoms with Crippen LogP contribution in [-0.4, -0.2) is 0 Å². The first-order valence-electron chi connectivity index (χ1n) is 0. The van der Waals surface area contributed by atoms with Crippen LogP contribution in [0, 0.1) is 0 Å². The van der Waals surface area contributed by atoms with Gasteiger partial charge in [-0.3, -0.25) is 0 Å². The van der Waals surface area contributed by atoms with Gasteiger partial charge >= 0.3 is 18.9 Å². The first-order valence-corrected chi connectivity index (χ1v) is 0. The molecular formula is HCo2LiNi. The summed E-state index contributed by atoms with van der Waals surface area (Å²) in [5, 5.41) is 0. The van der Waals surface area contributed by atoms with Crippen molar-refractivity contribution < 1.29 is 70.3 Å². The molecule has 0 fully saturated rings. The molecule has 0 spiro atoms. The van der Waals surface area contributed by atoms with Gasteiger partial charge in [-0.2, -0.15) is 0 Å². The van der Waals surface area contributed by atoms with Crippen LogP contribution in [0.4, 0.5) is 0 Å². The van der Waals surface area contributed by atoms with Gasteiger partial charge in [-0.25, -0.2) is 0 Å². The fraction of sp³-hybridized carbons (Fsp3) is 0. The smallest absolute Gasteiger partial charge is 1.00 e. The molecule has 0 amide bonds. The molecule has 0 saturated carbocycles. The monoisotopic (exact) mass is 184 g/mol. The third-order valence-corrected chi connectivity index (χ3v) is 0. The second-order valence-corrected chi connectivity index (χ2v) is 0. The van der Waals surface area contributed by atoms with Crippen LogP contribution in [0.5, 0.6) is 0 Å². The molecule has 2 radical (unpaired) electrons. The predicted molar refractivity (Wildman–Crippen MR) is 1.11 cm³/mol. The molecule has 4 heteroatoms. The topological polar surface area (TPSA) is 0 Å². The molecule has 0 aromatic carbocycles. The van der Waals surface area contributed by atoms with E-state index in [0.717, 1.165) is 0 Å². The molecule has 0 aliphatic carbocycles. The molecule has 0 nitrogen and oxygen atoms in total. The van der Waals surface area contributed by atoms with E-state index in [1.807, 2.05) is 0 Å². The molecular weight excluding hydrogens is 184 g/mol. The third-order valence-electron chi connectivity index (χ3n) is 0. The second-order valence-electron chi connectivity index (χ2n) is 0. The van der Waals surface area contributed by atoms with Crippen LogP contribution >= 0.6 is 0 Å². The van der Waals surface area contributed by atoms with Gasteiger partial charge in [0.1, 0.15) is 0 Å². The maximum atomic E-state index is 0. The molecule has 0 aliphatic rings. The van der Waals surface area contributed by atoms with E-state index in [-0.39, 0.29) is 70.3 Å². The second kappa shape index (κ2) is 19.4. The first-order chi connectivity index (χ1) is 0. The van der Waals surface area contributed by atoms with Crippen LogP contribution in [0.1, 0.15) is 1.43 Å². The van der Waals surface area contributed by atoms with Crippen LogP contribution < -0.4 is 18.9 Å². The van der Waals surface area contributed by atoms with Crippen molar-refractivity contribution in [1.82, 2.24) is 0 Å². The Hall–Kier alpha value is 2.10. The Balaban J connectivity index is 0. The van der Waals surface area contributed by atoms with Gasteiger partial charge in [0.2, 0.25) is 0 Å². The molecule has 0 unspecified atom stereocenters. The van der Waals surface area contributed by atoms with E-state index < -0.39 is 0 Å². The van der Waals surface area contributed by atoms with Gasteiger partial charge in [0, 0.05) is 50.0 Å². The summed E-state index contributed by atoms with van der Waals surface area (Å²) in [5.41, 5.74) is 0. The van der Waals surface area contributed by atoms with Gasteiger partial charge < -0.3 is 1.43 Å². The molecule has 0 bridgehead atoms. The maximum Gasteiger partial charge on any atom is 1.00 e. The summed E-state index contributed by atoms with van der Waals surface area (Å²) in [6.07, 6.45) is 0. The van der Waals surface area contributed by atoms with Crippen LogP contribution in [0.2, 0.25) is 0 Å². The fourth-order valence-electron chi connectivity index (χ4n) is 0. The van der Waals surface area contributed by atoms with Crippen molar-refractivity contribution in [1.29, 1.82) is 0 Å². The van der Waals surface area contributed by atoms with E-state index in [1.165, 1.54) is 0 Å². The Kier molecular flexibility index (Phi) is 174. The fourth-order valence-corrected chi connectivity index (χ4v) is 0. The van der Waals surface area contributed by atoms with E-state index in [9.17, 15) is 0 Å². The molecule has 0 aromatic heterocycles. The van der Waals surface area contributed by atoms with Crippen LogP contribution in [-0.2, 0) is 50.0 Å². The van der Waals surface area contributed by atoms with Gasteiger partial charge in [0.15, 0.2) is 0 Å². The van der Waals surface area contributed by atoms with Gasteiger partial charge in [0.25, 0.3) is 0 Å². The first kappa shape index (κ1) is 35.9. The summed E-state index contributed by atoms with van der Waals surface area (Å²) in [4.78, 5) is 0. The van der Waals surface area contributed by atoms with Gasteiger partial charge in [-0.1, -0.05) is 0 Å². The predicted octanol–water partition coefficient (Wildman–Crippen LogP) is -2.89. The SMILES string of the molecule is [Co].[Co].[H-].[Li+].[Ni]. The number of hydrogen-bond donors (Lipinski definition) is 0. The van der Waals surface area contributed by atoms with Crippen molar-refractivity contribution >= 4 is 0 Å². The van der Waals surface area contributed by atoms with Crippen molar-refractivity contribution in [3.8, 4) is 0 Å². The summed E-state index contributed by atoms with van der Waals surface area (Å²) in [5.74, 6) is 0. The third kappa shape index (κ3) is 8.93. The summed E-state index contributed by atoms with van der Waals surface area (Å²) in [6.45, 7) is 0. The van der Waals surface area contributed by atoms with Crippen LogP contribution in [0.25, 0.3) is 0 Å². The molecule has 0 saturated heterocycles. The molecule has 0 N–H and O–H groups in total. The Labute approximate surface area is 69.8 Å². The zero-order valence-electron chi connectivity index (χ0n) is 2.98. The van der Waals surface area contributed by atoms with Crippen molar-refractivity contribution in [2.45, 2.75) is 0 Å². The van der Waals surface area contributed by atoms with Crippen molar-refractivity contribution in [3.63, 3.8) is 0 Å². The van der Waals surface area contributed by atoms with E-state index in [0.29, 0.717) is 0 Å². The minimum atomic E-state index is 0. The Morgan fingerprint density at radius 2 is 1.00 bits per heavy atom. The molecule has 0 rings (SSSR count). The average Bonchev–Trinajstić information content (AvgIpc) is 0. The molecule has 4 heavy (non-hydrogen) atoms. The quantitative estimate of drug-likeness (QED) is 0.355. The van der Waals surface area contributed by atoms with E-state index in [1.54, 1.807) is 0 Å². The largest absolute Gasteiger partial charge is 1.00 e.